The van der Waals surface area contributed by atoms with Gasteiger partial charge >= 0.3 is 5.97 Å². The smallest absolute Gasteiger partial charge is 0.303 e. The predicted octanol–water partition coefficient (Wildman–Crippen LogP) is 8.72. The third-order valence-corrected chi connectivity index (χ3v) is 12.6. The van der Waals surface area contributed by atoms with E-state index in [-0.39, 0.29) is 36.2 Å². The van der Waals surface area contributed by atoms with E-state index >= 15 is 0 Å². The van der Waals surface area contributed by atoms with Gasteiger partial charge in [-0.2, -0.15) is 8.42 Å². The first-order chi connectivity index (χ1) is 25.6. The van der Waals surface area contributed by atoms with Crippen LogP contribution in [0.25, 0.3) is 0 Å². The molecule has 0 saturated carbocycles. The number of aryl methyl sites for hydroxylation is 1. The number of para-hydroxylation sites is 1. The molecule has 3 unspecified atom stereocenters. The van der Waals surface area contributed by atoms with Gasteiger partial charge in [-0.05, 0) is 104 Å². The summed E-state index contributed by atoms with van der Waals surface area (Å²) in [5, 5.41) is 9.27. The summed E-state index contributed by atoms with van der Waals surface area (Å²) >= 11 is 0. The van der Waals surface area contributed by atoms with E-state index in [1.165, 1.54) is 27.8 Å². The minimum absolute atomic E-state index is 0.0196. The number of hydrogen-bond acceptors (Lipinski definition) is 7. The summed E-state index contributed by atoms with van der Waals surface area (Å²) in [4.78, 5) is 15.8. The minimum Gasteiger partial charge on any atom is -0.481 e. The lowest BCUT2D eigenvalue weighted by atomic mass is 9.64. The molecule has 0 radical (unpaired) electrons. The first-order valence-electron chi connectivity index (χ1n) is 19.1. The lowest BCUT2D eigenvalue weighted by molar-refractivity contribution is -0.137. The summed E-state index contributed by atoms with van der Waals surface area (Å²) in [6.45, 7) is 3.55. The number of nitrogens with zero attached hydrogens (tertiary/aromatic N) is 2. The standard InChI is InChI=1S/C43H48N2O7S/c1-43(23-9-3-6-15-40(46)47)35-14-8-7-11-29(35)16-17-30-18-21-38-33(41(30)43)28-34-39(52-38)22-25-45-37-27-32(51-31-12-4-2-5-13-31)19-20-36(37)44(42(34)45)24-10-26-53(48,49)50/h2,4-5,7-8,11-14,19-20,27-28,38-39H,3,6,9-10,15-18,21-26H2,1H3,(H,46,47)(H,48,49,50). The van der Waals surface area contributed by atoms with Crippen molar-refractivity contribution >= 4 is 27.5 Å². The second kappa shape index (κ2) is 14.5. The van der Waals surface area contributed by atoms with Crippen LogP contribution in [0.15, 0.2) is 107 Å². The molecule has 3 heterocycles. The molecule has 9 nitrogen and oxygen atoms in total. The van der Waals surface area contributed by atoms with E-state index in [2.05, 4.69) is 53.1 Å². The Labute approximate surface area is 312 Å². The summed E-state index contributed by atoms with van der Waals surface area (Å²) in [5.74, 6) is 1.41. The third-order valence-electron chi connectivity index (χ3n) is 11.8. The maximum atomic E-state index is 11.8. The number of fused-ring (bicyclic) bond motifs is 7. The van der Waals surface area contributed by atoms with Gasteiger partial charge in [0.1, 0.15) is 17.3 Å². The third kappa shape index (κ3) is 7.04. The molecule has 0 spiro atoms. The average Bonchev–Trinajstić information content (AvgIpc) is 3.38. The highest BCUT2D eigenvalue weighted by Gasteiger charge is 2.47. The topological polar surface area (TPSA) is 117 Å². The van der Waals surface area contributed by atoms with Crippen molar-refractivity contribution in [2.75, 3.05) is 28.6 Å². The zero-order valence-electron chi connectivity index (χ0n) is 30.3. The predicted molar refractivity (Wildman–Crippen MR) is 206 cm³/mol. The largest absolute Gasteiger partial charge is 0.481 e. The zero-order valence-corrected chi connectivity index (χ0v) is 31.1. The quantitative estimate of drug-likeness (QED) is 0.139. The van der Waals surface area contributed by atoms with Crippen LogP contribution in [0.1, 0.15) is 82.3 Å². The second-order valence-electron chi connectivity index (χ2n) is 15.3. The summed E-state index contributed by atoms with van der Waals surface area (Å²) in [6.07, 6.45) is 10.9. The number of carboxylic acids is 1. The van der Waals surface area contributed by atoms with Gasteiger partial charge in [-0.1, -0.05) is 67.8 Å². The van der Waals surface area contributed by atoms with Gasteiger partial charge in [0.25, 0.3) is 10.1 Å². The van der Waals surface area contributed by atoms with E-state index in [1.807, 2.05) is 42.5 Å². The molecule has 3 atom stereocenters. The van der Waals surface area contributed by atoms with Crippen molar-refractivity contribution in [3.05, 3.63) is 118 Å². The molecular weight excluding hydrogens is 689 g/mol. The van der Waals surface area contributed by atoms with Crippen LogP contribution in [0.2, 0.25) is 0 Å². The van der Waals surface area contributed by atoms with E-state index in [0.29, 0.717) is 13.0 Å². The number of allylic oxidation sites excluding steroid dienone is 1. The second-order valence-corrected chi connectivity index (χ2v) is 16.8. The van der Waals surface area contributed by atoms with E-state index in [1.54, 1.807) is 0 Å². The molecule has 3 aromatic rings. The summed E-state index contributed by atoms with van der Waals surface area (Å²) in [6, 6.07) is 24.6. The van der Waals surface area contributed by atoms with Gasteiger partial charge in [0.05, 0.1) is 29.3 Å². The summed E-state index contributed by atoms with van der Waals surface area (Å²) in [5.41, 5.74) is 9.71. The molecule has 10 heteroatoms. The number of benzene rings is 3. The van der Waals surface area contributed by atoms with Gasteiger partial charge in [-0.15, -0.1) is 0 Å². The SMILES string of the molecule is CC1(CCCCCC(=O)O)C2=C(CCc3ccccc31)CCC1OC3CCN4C(=C3C=C21)N(CCCS(=O)(=O)O)c1ccc(Oc2ccccc2)cc14. The molecular formula is C43H48N2O7S. The molecule has 0 aromatic heterocycles. The van der Waals surface area contributed by atoms with E-state index < -0.39 is 16.1 Å². The Morgan fingerprint density at radius 1 is 0.906 bits per heavy atom. The average molecular weight is 737 g/mol. The molecule has 2 N–H and O–H groups in total. The van der Waals surface area contributed by atoms with Crippen LogP contribution in [-0.2, 0) is 31.5 Å². The van der Waals surface area contributed by atoms with Gasteiger partial charge < -0.3 is 24.4 Å². The van der Waals surface area contributed by atoms with Crippen molar-refractivity contribution in [2.45, 2.75) is 95.2 Å². The van der Waals surface area contributed by atoms with Crippen molar-refractivity contribution in [3.63, 3.8) is 0 Å². The molecule has 0 amide bonds. The Hall–Kier alpha value is -4.38. The maximum absolute atomic E-state index is 11.8. The molecule has 0 bridgehead atoms. The maximum Gasteiger partial charge on any atom is 0.303 e. The van der Waals surface area contributed by atoms with Gasteiger partial charge in [0, 0.05) is 36.6 Å². The lowest BCUT2D eigenvalue weighted by Gasteiger charge is -2.46. The van der Waals surface area contributed by atoms with E-state index in [9.17, 15) is 22.9 Å². The molecule has 0 fully saturated rings. The van der Waals surface area contributed by atoms with Gasteiger partial charge in [-0.3, -0.25) is 9.35 Å². The molecule has 3 aliphatic heterocycles. The number of anilines is 2. The summed E-state index contributed by atoms with van der Waals surface area (Å²) in [7, 11) is -4.12. The van der Waals surface area contributed by atoms with Crippen LogP contribution >= 0.6 is 0 Å². The van der Waals surface area contributed by atoms with Crippen molar-refractivity contribution in [1.82, 2.24) is 0 Å². The van der Waals surface area contributed by atoms with Crippen LogP contribution < -0.4 is 14.5 Å². The highest BCUT2D eigenvalue weighted by molar-refractivity contribution is 7.85. The Bertz CT molecular complexity index is 2110. The Morgan fingerprint density at radius 2 is 1.72 bits per heavy atom. The highest BCUT2D eigenvalue weighted by Crippen LogP contribution is 2.55. The zero-order chi connectivity index (χ0) is 36.7. The van der Waals surface area contributed by atoms with Crippen molar-refractivity contribution < 1.29 is 32.3 Å². The Balaban J connectivity index is 1.22. The number of aliphatic carboxylic acids is 1. The number of unbranched alkanes of at least 4 members (excludes halogenated alkanes) is 2. The fourth-order valence-corrected chi connectivity index (χ4v) is 9.99. The summed E-state index contributed by atoms with van der Waals surface area (Å²) < 4.78 is 46.7. The number of ether oxygens (including phenoxy) is 2. The number of carboxylic acid groups (broad SMARTS) is 1. The first kappa shape index (κ1) is 35.6. The van der Waals surface area contributed by atoms with Crippen LogP contribution in [0.4, 0.5) is 11.4 Å². The highest BCUT2D eigenvalue weighted by atomic mass is 32.2. The molecule has 3 aromatic carbocycles. The van der Waals surface area contributed by atoms with Gasteiger partial charge in [0.15, 0.2) is 0 Å². The monoisotopic (exact) mass is 736 g/mol. The van der Waals surface area contributed by atoms with Crippen LogP contribution in [0.5, 0.6) is 11.5 Å². The van der Waals surface area contributed by atoms with Gasteiger partial charge in [-0.25, -0.2) is 0 Å². The van der Waals surface area contributed by atoms with E-state index in [4.69, 9.17) is 9.47 Å². The number of rotatable bonds is 12. The van der Waals surface area contributed by atoms with Crippen LogP contribution in [0.3, 0.4) is 0 Å². The molecule has 53 heavy (non-hydrogen) atoms. The number of carbonyl (C=O) groups is 1. The van der Waals surface area contributed by atoms with E-state index in [0.717, 1.165) is 92.2 Å². The fourth-order valence-electron chi connectivity index (χ4n) is 9.49. The molecule has 2 aliphatic carbocycles. The Morgan fingerprint density at radius 3 is 2.53 bits per heavy atom. The van der Waals surface area contributed by atoms with Gasteiger partial charge in [0.2, 0.25) is 0 Å². The molecule has 5 aliphatic rings. The molecule has 8 rings (SSSR count). The Kier molecular flexibility index (Phi) is 9.72. The van der Waals surface area contributed by atoms with Crippen LogP contribution in [0, 0.1) is 0 Å². The van der Waals surface area contributed by atoms with Crippen molar-refractivity contribution in [3.8, 4) is 11.5 Å². The minimum atomic E-state index is -4.12. The fraction of sp³-hybridized carbons (Fsp3) is 0.419. The van der Waals surface area contributed by atoms with Crippen molar-refractivity contribution in [1.29, 1.82) is 0 Å². The first-order valence-corrected chi connectivity index (χ1v) is 20.7. The van der Waals surface area contributed by atoms with Crippen molar-refractivity contribution in [2.24, 2.45) is 0 Å². The molecule has 0 saturated heterocycles. The van der Waals surface area contributed by atoms with Crippen LogP contribution in [-0.4, -0.2) is 55.1 Å². The lowest BCUT2D eigenvalue weighted by Crippen LogP contribution is -2.45. The molecule has 278 valence electrons. The number of hydrogen-bond donors (Lipinski definition) is 2. The normalized spacial score (nSPS) is 23.2.